The number of ether oxygens (including phenoxy) is 1. The lowest BCUT2D eigenvalue weighted by molar-refractivity contribution is 0.102. The number of rotatable bonds is 3. The lowest BCUT2D eigenvalue weighted by Gasteiger charge is -2.27. The van der Waals surface area contributed by atoms with Gasteiger partial charge >= 0.3 is 0 Å². The van der Waals surface area contributed by atoms with Crippen LogP contribution in [0.2, 0.25) is 0 Å². The summed E-state index contributed by atoms with van der Waals surface area (Å²) in [5, 5.41) is 12.4. The topological polar surface area (TPSA) is 96.0 Å². The van der Waals surface area contributed by atoms with E-state index in [1.54, 1.807) is 6.20 Å². The van der Waals surface area contributed by atoms with Gasteiger partial charge in [-0.3, -0.25) is 4.79 Å². The molecule has 1 aliphatic rings. The van der Waals surface area contributed by atoms with Crippen LogP contribution in [0.1, 0.15) is 10.5 Å². The Balaban J connectivity index is 1.65. The number of nitrogens with zero attached hydrogens (tertiary/aromatic N) is 4. The van der Waals surface area contributed by atoms with Gasteiger partial charge in [0.2, 0.25) is 0 Å². The van der Waals surface area contributed by atoms with Crippen molar-refractivity contribution in [3.8, 4) is 0 Å². The first-order valence-corrected chi connectivity index (χ1v) is 6.29. The van der Waals surface area contributed by atoms with Crippen LogP contribution in [0.25, 0.3) is 0 Å². The summed E-state index contributed by atoms with van der Waals surface area (Å²) in [4.78, 5) is 18.3. The molecule has 3 heterocycles. The maximum absolute atomic E-state index is 11.8. The quantitative estimate of drug-likeness (QED) is 0.835. The van der Waals surface area contributed by atoms with E-state index in [4.69, 9.17) is 4.74 Å². The highest BCUT2D eigenvalue weighted by Gasteiger charge is 2.13. The minimum atomic E-state index is -0.320. The molecule has 2 aromatic heterocycles. The summed E-state index contributed by atoms with van der Waals surface area (Å²) in [7, 11) is 0. The van der Waals surface area contributed by atoms with Crippen molar-refractivity contribution >= 4 is 17.4 Å². The van der Waals surface area contributed by atoms with Crippen molar-refractivity contribution in [1.82, 2.24) is 20.4 Å². The van der Waals surface area contributed by atoms with E-state index in [-0.39, 0.29) is 11.6 Å². The van der Waals surface area contributed by atoms with Gasteiger partial charge in [-0.2, -0.15) is 15.4 Å². The molecular formula is C12H14N6O2. The Hall–Kier alpha value is -2.48. The van der Waals surface area contributed by atoms with Gasteiger partial charge in [0, 0.05) is 13.1 Å². The molecule has 3 rings (SSSR count). The van der Waals surface area contributed by atoms with Crippen LogP contribution < -0.4 is 10.2 Å². The Labute approximate surface area is 115 Å². The molecule has 2 N–H and O–H groups in total. The molecule has 0 aromatic carbocycles. The lowest BCUT2D eigenvalue weighted by atomic mass is 10.3. The van der Waals surface area contributed by atoms with Crippen LogP contribution in [-0.4, -0.2) is 52.6 Å². The molecule has 8 nitrogen and oxygen atoms in total. The van der Waals surface area contributed by atoms with E-state index in [1.807, 2.05) is 12.1 Å². The summed E-state index contributed by atoms with van der Waals surface area (Å²) < 4.78 is 5.30. The fraction of sp³-hybridized carbons (Fsp3) is 0.333. The van der Waals surface area contributed by atoms with Crippen LogP contribution in [-0.2, 0) is 4.74 Å². The van der Waals surface area contributed by atoms with E-state index >= 15 is 0 Å². The van der Waals surface area contributed by atoms with E-state index in [2.05, 4.69) is 30.6 Å². The van der Waals surface area contributed by atoms with Gasteiger partial charge in [0.1, 0.15) is 5.82 Å². The number of hydrogen-bond donors (Lipinski definition) is 2. The zero-order valence-electron chi connectivity index (χ0n) is 10.7. The minimum Gasteiger partial charge on any atom is -0.378 e. The number of hydrogen-bond acceptors (Lipinski definition) is 6. The lowest BCUT2D eigenvalue weighted by Crippen LogP contribution is -2.36. The molecule has 1 aliphatic heterocycles. The molecule has 104 valence electrons. The monoisotopic (exact) mass is 274 g/mol. The molecular weight excluding hydrogens is 260 g/mol. The Morgan fingerprint density at radius 3 is 2.80 bits per heavy atom. The first kappa shape index (κ1) is 12.5. The highest BCUT2D eigenvalue weighted by molar-refractivity contribution is 6.02. The number of carbonyl (C=O) groups is 1. The Morgan fingerprint density at radius 2 is 2.15 bits per heavy atom. The van der Waals surface area contributed by atoms with E-state index in [1.165, 1.54) is 6.20 Å². The molecule has 0 radical (unpaired) electrons. The number of aromatic amines is 1. The van der Waals surface area contributed by atoms with E-state index in [0.717, 1.165) is 18.9 Å². The number of anilines is 2. The maximum atomic E-state index is 11.8. The zero-order valence-corrected chi connectivity index (χ0v) is 10.7. The van der Waals surface area contributed by atoms with Crippen LogP contribution in [0.4, 0.5) is 11.5 Å². The SMILES string of the molecule is O=C(Nc1ccc(N2CCOCC2)nc1)c1cn[nH]n1. The molecule has 2 aromatic rings. The van der Waals surface area contributed by atoms with Gasteiger partial charge in [-0.15, -0.1) is 0 Å². The number of pyridine rings is 1. The van der Waals surface area contributed by atoms with Gasteiger partial charge in [-0.25, -0.2) is 4.98 Å². The van der Waals surface area contributed by atoms with Gasteiger partial charge in [-0.1, -0.05) is 0 Å². The standard InChI is InChI=1S/C12H14N6O2/c19-12(10-8-14-17-16-10)15-9-1-2-11(13-7-9)18-3-5-20-6-4-18/h1-2,7-8H,3-6H2,(H,15,19)(H,14,16,17). The molecule has 0 atom stereocenters. The van der Waals surface area contributed by atoms with Crippen molar-refractivity contribution in [2.75, 3.05) is 36.5 Å². The molecule has 1 amide bonds. The molecule has 0 unspecified atom stereocenters. The van der Waals surface area contributed by atoms with Crippen molar-refractivity contribution in [3.63, 3.8) is 0 Å². The first-order chi connectivity index (χ1) is 9.83. The summed E-state index contributed by atoms with van der Waals surface area (Å²) in [6.07, 6.45) is 2.99. The smallest absolute Gasteiger partial charge is 0.277 e. The summed E-state index contributed by atoms with van der Waals surface area (Å²) >= 11 is 0. The Bertz CT molecular complexity index is 562. The number of H-pyrrole nitrogens is 1. The van der Waals surface area contributed by atoms with E-state index in [9.17, 15) is 4.79 Å². The molecule has 0 spiro atoms. The van der Waals surface area contributed by atoms with Crippen molar-refractivity contribution in [2.45, 2.75) is 0 Å². The van der Waals surface area contributed by atoms with Crippen LogP contribution in [0.15, 0.2) is 24.5 Å². The fourth-order valence-corrected chi connectivity index (χ4v) is 1.95. The molecule has 1 saturated heterocycles. The number of aromatic nitrogens is 4. The average Bonchev–Trinajstić information content (AvgIpc) is 3.03. The highest BCUT2D eigenvalue weighted by Crippen LogP contribution is 2.15. The van der Waals surface area contributed by atoms with E-state index < -0.39 is 0 Å². The second kappa shape index (κ2) is 5.66. The number of morpholine rings is 1. The van der Waals surface area contributed by atoms with Gasteiger partial charge in [0.05, 0.1) is 31.3 Å². The highest BCUT2D eigenvalue weighted by atomic mass is 16.5. The Morgan fingerprint density at radius 1 is 1.30 bits per heavy atom. The third-order valence-corrected chi connectivity index (χ3v) is 2.99. The van der Waals surface area contributed by atoms with Crippen molar-refractivity contribution in [3.05, 3.63) is 30.2 Å². The predicted molar refractivity (Wildman–Crippen MR) is 71.6 cm³/mol. The maximum Gasteiger partial charge on any atom is 0.277 e. The molecule has 20 heavy (non-hydrogen) atoms. The summed E-state index contributed by atoms with van der Waals surface area (Å²) in [5.74, 6) is 0.562. The number of amides is 1. The first-order valence-electron chi connectivity index (χ1n) is 6.29. The molecule has 0 bridgehead atoms. The predicted octanol–water partition coefficient (Wildman–Crippen LogP) is 0.289. The van der Waals surface area contributed by atoms with Crippen molar-refractivity contribution in [1.29, 1.82) is 0 Å². The molecule has 0 saturated carbocycles. The van der Waals surface area contributed by atoms with Crippen LogP contribution >= 0.6 is 0 Å². The second-order valence-electron chi connectivity index (χ2n) is 4.31. The third kappa shape index (κ3) is 2.75. The van der Waals surface area contributed by atoms with Gasteiger partial charge in [0.25, 0.3) is 5.91 Å². The normalized spacial score (nSPS) is 15.1. The van der Waals surface area contributed by atoms with Gasteiger partial charge < -0.3 is 15.0 Å². The second-order valence-corrected chi connectivity index (χ2v) is 4.31. The van der Waals surface area contributed by atoms with Gasteiger partial charge in [0.15, 0.2) is 5.69 Å². The van der Waals surface area contributed by atoms with Crippen molar-refractivity contribution < 1.29 is 9.53 Å². The summed E-state index contributed by atoms with van der Waals surface area (Å²) in [6.45, 7) is 3.09. The Kier molecular flexibility index (Phi) is 3.55. The van der Waals surface area contributed by atoms with Crippen LogP contribution in [0.3, 0.4) is 0 Å². The summed E-state index contributed by atoms with van der Waals surface area (Å²) in [5.41, 5.74) is 0.859. The van der Waals surface area contributed by atoms with Crippen LogP contribution in [0.5, 0.6) is 0 Å². The van der Waals surface area contributed by atoms with Gasteiger partial charge in [-0.05, 0) is 12.1 Å². The van der Waals surface area contributed by atoms with E-state index in [0.29, 0.717) is 18.9 Å². The zero-order chi connectivity index (χ0) is 13.8. The third-order valence-electron chi connectivity index (χ3n) is 2.99. The van der Waals surface area contributed by atoms with Crippen molar-refractivity contribution in [2.24, 2.45) is 0 Å². The molecule has 1 fully saturated rings. The average molecular weight is 274 g/mol. The number of nitrogens with one attached hydrogen (secondary N) is 2. The molecule has 0 aliphatic carbocycles. The fourth-order valence-electron chi connectivity index (χ4n) is 1.95. The van der Waals surface area contributed by atoms with Crippen LogP contribution in [0, 0.1) is 0 Å². The largest absolute Gasteiger partial charge is 0.378 e. The molecule has 8 heteroatoms. The minimum absolute atomic E-state index is 0.238. The summed E-state index contributed by atoms with van der Waals surface area (Å²) in [6, 6.07) is 3.69. The number of carbonyl (C=O) groups excluding carboxylic acids is 1.